The zero-order valence-electron chi connectivity index (χ0n) is 20.6. The average molecular weight is 500 g/mol. The average Bonchev–Trinajstić information content (AvgIpc) is 3.42. The maximum Gasteiger partial charge on any atom is 0.326 e. The number of fused-ring (bicyclic) bond motifs is 2. The van der Waals surface area contributed by atoms with Crippen molar-refractivity contribution in [2.24, 2.45) is 0 Å². The van der Waals surface area contributed by atoms with Crippen molar-refractivity contribution in [2.75, 3.05) is 19.6 Å². The molecule has 0 atom stereocenters. The zero-order chi connectivity index (χ0) is 25.2. The number of halogens is 1. The normalized spacial score (nSPS) is 15.1. The molecule has 0 unspecified atom stereocenters. The van der Waals surface area contributed by atoms with E-state index in [4.69, 9.17) is 9.72 Å². The molecule has 8 heteroatoms. The number of aryl methyl sites for hydroxylation is 1. The van der Waals surface area contributed by atoms with Gasteiger partial charge in [0.2, 0.25) is 0 Å². The van der Waals surface area contributed by atoms with Gasteiger partial charge in [-0.15, -0.1) is 0 Å². The highest BCUT2D eigenvalue weighted by Crippen LogP contribution is 2.26. The number of aromatic nitrogens is 4. The van der Waals surface area contributed by atoms with Gasteiger partial charge in [-0.2, -0.15) is 4.98 Å². The Morgan fingerprint density at radius 1 is 0.892 bits per heavy atom. The first-order valence-corrected chi connectivity index (χ1v) is 12.9. The van der Waals surface area contributed by atoms with Gasteiger partial charge in [0.25, 0.3) is 6.01 Å². The predicted octanol–water partition coefficient (Wildman–Crippen LogP) is 4.80. The van der Waals surface area contributed by atoms with Crippen molar-refractivity contribution < 1.29 is 9.13 Å². The smallest absolute Gasteiger partial charge is 0.326 e. The van der Waals surface area contributed by atoms with Crippen LogP contribution in [0.3, 0.4) is 0 Å². The number of para-hydroxylation sites is 4. The van der Waals surface area contributed by atoms with Gasteiger partial charge >= 0.3 is 5.69 Å². The van der Waals surface area contributed by atoms with E-state index in [1.54, 1.807) is 12.1 Å². The van der Waals surface area contributed by atoms with Gasteiger partial charge in [0.05, 0.1) is 28.6 Å². The lowest BCUT2D eigenvalue weighted by atomic mass is 10.1. The Morgan fingerprint density at radius 3 is 2.43 bits per heavy atom. The highest BCUT2D eigenvalue weighted by Gasteiger charge is 2.23. The molecular weight excluding hydrogens is 469 g/mol. The van der Waals surface area contributed by atoms with Crippen LogP contribution in [-0.2, 0) is 13.1 Å². The van der Waals surface area contributed by atoms with E-state index in [2.05, 4.69) is 14.5 Å². The molecule has 7 nitrogen and oxygen atoms in total. The molecule has 3 heterocycles. The van der Waals surface area contributed by atoms with Gasteiger partial charge in [-0.05, 0) is 67.8 Å². The number of nitrogens with zero attached hydrogens (tertiary/aromatic N) is 4. The molecular formula is C29H30FN5O2. The number of imidazole rings is 2. The fraction of sp³-hybridized carbons (Fsp3) is 0.310. The van der Waals surface area contributed by atoms with Crippen LogP contribution in [0.1, 0.15) is 24.8 Å². The predicted molar refractivity (Wildman–Crippen MR) is 143 cm³/mol. The van der Waals surface area contributed by atoms with Crippen LogP contribution < -0.4 is 10.4 Å². The summed E-state index contributed by atoms with van der Waals surface area (Å²) in [6.07, 6.45) is 2.86. The van der Waals surface area contributed by atoms with Gasteiger partial charge in [0.15, 0.2) is 0 Å². The Hall–Kier alpha value is -3.91. The van der Waals surface area contributed by atoms with E-state index in [1.165, 1.54) is 12.1 Å². The molecule has 190 valence electrons. The van der Waals surface area contributed by atoms with Crippen LogP contribution in [0.5, 0.6) is 6.01 Å². The minimum atomic E-state index is -0.240. The highest BCUT2D eigenvalue weighted by molar-refractivity contribution is 5.77. The van der Waals surface area contributed by atoms with E-state index in [1.807, 2.05) is 53.1 Å². The van der Waals surface area contributed by atoms with E-state index < -0.39 is 0 Å². The number of hydrogen-bond acceptors (Lipinski definition) is 4. The Kier molecular flexibility index (Phi) is 6.49. The van der Waals surface area contributed by atoms with Crippen molar-refractivity contribution in [2.45, 2.75) is 38.5 Å². The first-order chi connectivity index (χ1) is 18.1. The van der Waals surface area contributed by atoms with Gasteiger partial charge in [-0.1, -0.05) is 36.4 Å². The van der Waals surface area contributed by atoms with Crippen molar-refractivity contribution >= 4 is 22.1 Å². The summed E-state index contributed by atoms with van der Waals surface area (Å²) in [4.78, 5) is 22.5. The summed E-state index contributed by atoms with van der Waals surface area (Å²) in [6, 6.07) is 23.0. The van der Waals surface area contributed by atoms with Crippen LogP contribution in [0.15, 0.2) is 77.6 Å². The van der Waals surface area contributed by atoms with Crippen LogP contribution in [0.4, 0.5) is 4.39 Å². The number of aromatic amines is 1. The van der Waals surface area contributed by atoms with E-state index in [0.29, 0.717) is 19.1 Å². The van der Waals surface area contributed by atoms with Gasteiger partial charge in [-0.3, -0.25) is 9.13 Å². The van der Waals surface area contributed by atoms with Crippen molar-refractivity contribution in [3.8, 4) is 6.01 Å². The van der Waals surface area contributed by atoms with E-state index in [0.717, 1.165) is 66.5 Å². The highest BCUT2D eigenvalue weighted by atomic mass is 19.1. The number of rotatable bonds is 8. The Bertz CT molecular complexity index is 1560. The first-order valence-electron chi connectivity index (χ1n) is 12.9. The summed E-state index contributed by atoms with van der Waals surface area (Å²) in [5.41, 5.74) is 4.70. The lowest BCUT2D eigenvalue weighted by molar-refractivity contribution is 0.0891. The number of hydrogen-bond donors (Lipinski definition) is 1. The lowest BCUT2D eigenvalue weighted by Gasteiger charge is -2.31. The molecule has 0 saturated carbocycles. The summed E-state index contributed by atoms with van der Waals surface area (Å²) in [5, 5.41) is 0. The molecule has 1 N–H and O–H groups in total. The number of likely N-dealkylation sites (tertiary alicyclic amines) is 1. The fourth-order valence-corrected chi connectivity index (χ4v) is 5.25. The molecule has 1 aliphatic heterocycles. The number of ether oxygens (including phenoxy) is 1. The molecule has 5 aromatic rings. The van der Waals surface area contributed by atoms with Crippen LogP contribution in [0.2, 0.25) is 0 Å². The molecule has 6 rings (SSSR count). The Balaban J connectivity index is 1.07. The molecule has 0 radical (unpaired) electrons. The monoisotopic (exact) mass is 499 g/mol. The van der Waals surface area contributed by atoms with Gasteiger partial charge in [-0.25, -0.2) is 9.18 Å². The molecule has 1 aliphatic rings. The summed E-state index contributed by atoms with van der Waals surface area (Å²) in [7, 11) is 0. The molecule has 1 saturated heterocycles. The second-order valence-electron chi connectivity index (χ2n) is 9.71. The lowest BCUT2D eigenvalue weighted by Crippen LogP contribution is -2.39. The Labute approximate surface area is 214 Å². The van der Waals surface area contributed by atoms with Gasteiger partial charge in [0, 0.05) is 19.6 Å². The third-order valence-electron chi connectivity index (χ3n) is 7.22. The topological polar surface area (TPSA) is 68.1 Å². The quantitative estimate of drug-likeness (QED) is 0.333. The maximum absolute atomic E-state index is 13.4. The van der Waals surface area contributed by atoms with Gasteiger partial charge < -0.3 is 14.6 Å². The summed E-state index contributed by atoms with van der Waals surface area (Å²) in [5.74, 6) is -0.240. The zero-order valence-corrected chi connectivity index (χ0v) is 20.6. The minimum absolute atomic E-state index is 0.0446. The van der Waals surface area contributed by atoms with E-state index in [-0.39, 0.29) is 17.6 Å². The summed E-state index contributed by atoms with van der Waals surface area (Å²) in [6.45, 7) is 4.12. The number of nitrogens with one attached hydrogen (secondary N) is 1. The summed E-state index contributed by atoms with van der Waals surface area (Å²) >= 11 is 0. The molecule has 0 bridgehead atoms. The van der Waals surface area contributed by atoms with Crippen LogP contribution in [-0.4, -0.2) is 49.7 Å². The van der Waals surface area contributed by atoms with Crippen molar-refractivity contribution in [3.63, 3.8) is 0 Å². The van der Waals surface area contributed by atoms with Crippen molar-refractivity contribution in [3.05, 3.63) is 94.7 Å². The van der Waals surface area contributed by atoms with Crippen molar-refractivity contribution in [1.82, 2.24) is 24.0 Å². The number of piperidine rings is 1. The van der Waals surface area contributed by atoms with Crippen molar-refractivity contribution in [1.29, 1.82) is 0 Å². The third kappa shape index (κ3) is 5.02. The van der Waals surface area contributed by atoms with Gasteiger partial charge in [0.1, 0.15) is 11.9 Å². The Morgan fingerprint density at radius 2 is 1.62 bits per heavy atom. The molecule has 2 aromatic heterocycles. The first kappa shape index (κ1) is 23.5. The summed E-state index contributed by atoms with van der Waals surface area (Å²) < 4.78 is 23.8. The minimum Gasteiger partial charge on any atom is -0.461 e. The second kappa shape index (κ2) is 10.2. The molecule has 0 amide bonds. The molecule has 1 fully saturated rings. The fourth-order valence-electron chi connectivity index (χ4n) is 5.25. The van der Waals surface area contributed by atoms with Crippen LogP contribution in [0, 0.1) is 5.82 Å². The third-order valence-corrected chi connectivity index (χ3v) is 7.22. The number of benzene rings is 3. The standard InChI is InChI=1S/C29H30FN5O2/c30-22-12-10-21(11-13-22)20-35-27-9-4-2-7-25(27)32-29(35)37-23-14-18-33(19-15-23)16-5-17-34-26-8-3-1-6-24(26)31-28(34)36/h1-4,6-13,23H,5,14-20H2,(H,31,36). The van der Waals surface area contributed by atoms with E-state index in [9.17, 15) is 9.18 Å². The van der Waals surface area contributed by atoms with Crippen LogP contribution >= 0.6 is 0 Å². The van der Waals surface area contributed by atoms with E-state index >= 15 is 0 Å². The maximum atomic E-state index is 13.4. The molecule has 0 aliphatic carbocycles. The largest absolute Gasteiger partial charge is 0.461 e. The second-order valence-corrected chi connectivity index (χ2v) is 9.71. The SMILES string of the molecule is O=c1[nH]c2ccccc2n1CCCN1CCC(Oc2nc3ccccc3n2Cc2ccc(F)cc2)CC1. The number of H-pyrrole nitrogens is 1. The molecule has 0 spiro atoms. The molecule has 3 aromatic carbocycles. The van der Waals surface area contributed by atoms with Crippen LogP contribution in [0.25, 0.3) is 22.1 Å². The molecule has 37 heavy (non-hydrogen) atoms.